The molecule has 10 nitrogen and oxygen atoms in total. The molecule has 3 fully saturated rings. The van der Waals surface area contributed by atoms with Crippen LogP contribution >= 0.6 is 0 Å². The van der Waals surface area contributed by atoms with Gasteiger partial charge in [0.2, 0.25) is 11.8 Å². The third-order valence-corrected chi connectivity index (χ3v) is 6.61. The lowest BCUT2D eigenvalue weighted by molar-refractivity contribution is -0.133. The number of nitrogens with one attached hydrogen (secondary N) is 3. The minimum absolute atomic E-state index is 0.123. The summed E-state index contributed by atoms with van der Waals surface area (Å²) in [5, 5.41) is 12.6. The number of imidazole rings is 1. The molecular weight excluding hydrogens is 510 g/mol. The van der Waals surface area contributed by atoms with E-state index >= 15 is 0 Å². The Morgan fingerprint density at radius 1 is 1.10 bits per heavy atom. The van der Waals surface area contributed by atoms with Gasteiger partial charge in [0.25, 0.3) is 5.91 Å². The van der Waals surface area contributed by atoms with Crippen molar-refractivity contribution in [1.29, 1.82) is 0 Å². The molecule has 3 heterocycles. The molecule has 1 atom stereocenters. The Hall–Kier alpha value is -3.41. The number of ether oxygens (including phenoxy) is 1. The van der Waals surface area contributed by atoms with Gasteiger partial charge < -0.3 is 20.4 Å². The first kappa shape index (κ1) is 28.6. The van der Waals surface area contributed by atoms with Gasteiger partial charge in [-0.05, 0) is 55.0 Å². The highest BCUT2D eigenvalue weighted by molar-refractivity contribution is 5.92. The minimum atomic E-state index is -2.56. The van der Waals surface area contributed by atoms with E-state index in [4.69, 9.17) is 4.74 Å². The summed E-state index contributed by atoms with van der Waals surface area (Å²) >= 11 is 0. The molecule has 0 bridgehead atoms. The fraction of sp³-hybridized carbons (Fsp3) is 0.593. The maximum Gasteiger partial charge on any atom is 0.275 e. The van der Waals surface area contributed by atoms with Gasteiger partial charge in [0, 0.05) is 39.0 Å². The number of fused-ring (bicyclic) bond motifs is 1. The van der Waals surface area contributed by atoms with Crippen molar-refractivity contribution in [3.8, 4) is 0 Å². The fourth-order valence-corrected chi connectivity index (χ4v) is 4.25. The average Bonchev–Trinajstić information content (AvgIpc) is 3.62. The van der Waals surface area contributed by atoms with Crippen molar-refractivity contribution in [2.75, 3.05) is 13.2 Å². The molecule has 0 radical (unpaired) electrons. The molecule has 6 rings (SSSR count). The molecule has 1 aromatic carbocycles. The molecule has 39 heavy (non-hydrogen) atoms. The summed E-state index contributed by atoms with van der Waals surface area (Å²) in [4.78, 5) is 30.4. The Morgan fingerprint density at radius 2 is 1.90 bits per heavy atom. The Balaban J connectivity index is 0.000000166. The molecule has 1 unspecified atom stereocenters. The highest BCUT2D eigenvalue weighted by Gasteiger charge is 2.45. The van der Waals surface area contributed by atoms with Gasteiger partial charge in [0.15, 0.2) is 5.69 Å². The van der Waals surface area contributed by atoms with Crippen molar-refractivity contribution in [2.24, 2.45) is 5.92 Å². The third kappa shape index (κ3) is 9.38. The van der Waals surface area contributed by atoms with E-state index in [9.17, 15) is 18.4 Å². The van der Waals surface area contributed by atoms with E-state index in [1.54, 1.807) is 13.3 Å². The number of benzene rings is 1. The zero-order valence-corrected chi connectivity index (χ0v) is 22.2. The number of carbonyl (C=O) groups is 2. The molecule has 12 heteroatoms. The lowest BCUT2D eigenvalue weighted by Crippen LogP contribution is -2.38. The Labute approximate surface area is 225 Å². The number of rotatable bonds is 7. The van der Waals surface area contributed by atoms with Gasteiger partial charge >= 0.3 is 0 Å². The number of carbonyl (C=O) groups excluding carboxylic acids is 2. The molecule has 2 aliphatic carbocycles. The van der Waals surface area contributed by atoms with Gasteiger partial charge in [-0.25, -0.2) is 18.4 Å². The second kappa shape index (κ2) is 13.6. The molecule has 2 amide bonds. The van der Waals surface area contributed by atoms with Crippen LogP contribution in [0, 0.1) is 12.8 Å². The largest absolute Gasteiger partial charge is 0.376 e. The number of aryl methyl sites for hydroxylation is 1. The number of aromatic nitrogens is 4. The molecule has 3 aromatic rings. The number of H-pyrrole nitrogens is 1. The molecule has 2 saturated carbocycles. The van der Waals surface area contributed by atoms with Gasteiger partial charge in [0.1, 0.15) is 5.69 Å². The SMILES string of the molecule is C1CC1.Cc1nonc1C(=O)NCC1CCCCO1.O=C(CC1CC(F)(F)C1)NCc1ccc2nc[nH]c2c1. The highest BCUT2D eigenvalue weighted by Crippen LogP contribution is 2.43. The predicted octanol–water partition coefficient (Wildman–Crippen LogP) is 4.46. The standard InChI is InChI=1S/C14H15F2N3O.C10H15N3O3.C3H6/c15-14(16)5-10(6-14)4-13(20)17-7-9-1-2-11-12(3-9)19-8-18-11;1-7-9(13-16-12-7)10(14)11-6-8-4-2-3-5-15-8;1-2-3-1/h1-3,8,10H,4-7H2,(H,17,20)(H,18,19);8H,2-6H2,1H3,(H,11,14);1-3H2. The van der Waals surface area contributed by atoms with Gasteiger partial charge in [0.05, 0.1) is 23.5 Å². The third-order valence-electron chi connectivity index (χ3n) is 6.61. The Morgan fingerprint density at radius 3 is 2.54 bits per heavy atom. The summed E-state index contributed by atoms with van der Waals surface area (Å²) in [7, 11) is 0. The van der Waals surface area contributed by atoms with E-state index in [-0.39, 0.29) is 48.8 Å². The van der Waals surface area contributed by atoms with Crippen molar-refractivity contribution < 1.29 is 27.7 Å². The zero-order valence-electron chi connectivity index (χ0n) is 22.2. The van der Waals surface area contributed by atoms with Crippen LogP contribution < -0.4 is 10.6 Å². The van der Waals surface area contributed by atoms with Crippen LogP contribution in [0.15, 0.2) is 29.2 Å². The molecule has 1 aliphatic heterocycles. The van der Waals surface area contributed by atoms with Crippen molar-refractivity contribution in [3.05, 3.63) is 41.5 Å². The molecule has 3 N–H and O–H groups in total. The summed E-state index contributed by atoms with van der Waals surface area (Å²) in [6.45, 7) is 3.38. The van der Waals surface area contributed by atoms with Crippen molar-refractivity contribution in [2.45, 2.75) is 83.3 Å². The van der Waals surface area contributed by atoms with Crippen LogP contribution in [0.2, 0.25) is 0 Å². The maximum absolute atomic E-state index is 12.7. The summed E-state index contributed by atoms with van der Waals surface area (Å²) in [6, 6.07) is 5.68. The molecule has 212 valence electrons. The van der Waals surface area contributed by atoms with Crippen LogP contribution in [0.3, 0.4) is 0 Å². The Bertz CT molecular complexity index is 1210. The zero-order chi connectivity index (χ0) is 27.7. The molecule has 0 spiro atoms. The molecule has 3 aliphatic rings. The fourth-order valence-electron chi connectivity index (χ4n) is 4.25. The van der Waals surface area contributed by atoms with Crippen molar-refractivity contribution >= 4 is 22.8 Å². The number of nitrogens with zero attached hydrogens (tertiary/aromatic N) is 3. The normalized spacial score (nSPS) is 19.5. The minimum Gasteiger partial charge on any atom is -0.376 e. The van der Waals surface area contributed by atoms with Gasteiger partial charge in [-0.3, -0.25) is 9.59 Å². The number of halogens is 2. The monoisotopic (exact) mass is 546 g/mol. The van der Waals surface area contributed by atoms with Crippen LogP contribution in [0.4, 0.5) is 8.78 Å². The maximum atomic E-state index is 12.7. The van der Waals surface area contributed by atoms with E-state index in [2.05, 4.69) is 35.5 Å². The Kier molecular flexibility index (Phi) is 9.96. The smallest absolute Gasteiger partial charge is 0.275 e. The predicted molar refractivity (Wildman–Crippen MR) is 139 cm³/mol. The van der Waals surface area contributed by atoms with E-state index in [0.717, 1.165) is 42.5 Å². The van der Waals surface area contributed by atoms with E-state index < -0.39 is 5.92 Å². The van der Waals surface area contributed by atoms with Crippen LogP contribution in [-0.2, 0) is 16.1 Å². The topological polar surface area (TPSA) is 135 Å². The first-order valence-electron chi connectivity index (χ1n) is 13.5. The van der Waals surface area contributed by atoms with Crippen LogP contribution in [0.1, 0.15) is 79.5 Å². The average molecular weight is 547 g/mol. The van der Waals surface area contributed by atoms with Gasteiger partial charge in [-0.2, -0.15) is 0 Å². The number of amides is 2. The lowest BCUT2D eigenvalue weighted by Gasteiger charge is -2.34. The first-order chi connectivity index (χ1) is 18.8. The first-order valence-corrected chi connectivity index (χ1v) is 13.5. The second-order valence-corrected chi connectivity index (χ2v) is 10.3. The summed E-state index contributed by atoms with van der Waals surface area (Å²) in [6.07, 6.45) is 9.35. The number of hydrogen-bond donors (Lipinski definition) is 3. The van der Waals surface area contributed by atoms with Crippen LogP contribution in [0.5, 0.6) is 0 Å². The van der Waals surface area contributed by atoms with Crippen molar-refractivity contribution in [3.63, 3.8) is 0 Å². The van der Waals surface area contributed by atoms with Crippen LogP contribution in [-0.4, -0.2) is 57.3 Å². The quantitative estimate of drug-likeness (QED) is 0.398. The van der Waals surface area contributed by atoms with Gasteiger partial charge in [-0.1, -0.05) is 30.5 Å². The number of hydrogen-bond acceptors (Lipinski definition) is 7. The van der Waals surface area contributed by atoms with Crippen molar-refractivity contribution in [1.82, 2.24) is 30.9 Å². The molecule has 1 saturated heterocycles. The summed E-state index contributed by atoms with van der Waals surface area (Å²) < 4.78 is 35.3. The molecular formula is C27H36F2N6O4. The van der Waals surface area contributed by atoms with E-state index in [1.165, 1.54) is 19.3 Å². The molecule has 2 aromatic heterocycles. The lowest BCUT2D eigenvalue weighted by atomic mass is 9.79. The summed E-state index contributed by atoms with van der Waals surface area (Å²) in [5.41, 5.74) is 3.49. The number of alkyl halides is 2. The van der Waals surface area contributed by atoms with Gasteiger partial charge in [-0.15, -0.1) is 0 Å². The highest BCUT2D eigenvalue weighted by atomic mass is 19.3. The van der Waals surface area contributed by atoms with Crippen LogP contribution in [0.25, 0.3) is 11.0 Å². The van der Waals surface area contributed by atoms with E-state index in [0.29, 0.717) is 18.8 Å². The van der Waals surface area contributed by atoms with E-state index in [1.807, 2.05) is 18.2 Å². The second-order valence-electron chi connectivity index (χ2n) is 10.3. The summed E-state index contributed by atoms with van der Waals surface area (Å²) in [5.74, 6) is -3.17. The number of aromatic amines is 1.